The Balaban J connectivity index is 2.66. The highest BCUT2D eigenvalue weighted by Gasteiger charge is 2.12. The number of benzene rings is 1. The van der Waals surface area contributed by atoms with Crippen LogP contribution >= 0.6 is 28.1 Å². The molecule has 1 aromatic carbocycles. The molecule has 16 heavy (non-hydrogen) atoms. The molecule has 1 amide bonds. The first-order valence-electron chi connectivity index (χ1n) is 4.84. The molecule has 5 heteroatoms. The third-order valence-electron chi connectivity index (χ3n) is 2.00. The number of hydrogen-bond acceptors (Lipinski definition) is 2. The van der Waals surface area contributed by atoms with Crippen LogP contribution in [0.5, 0.6) is 0 Å². The molecule has 0 aliphatic carbocycles. The lowest BCUT2D eigenvalue weighted by atomic mass is 10.2. The van der Waals surface area contributed by atoms with Gasteiger partial charge in [0.2, 0.25) is 0 Å². The van der Waals surface area contributed by atoms with Gasteiger partial charge in [-0.3, -0.25) is 4.79 Å². The third-order valence-corrected chi connectivity index (χ3v) is 2.86. The molecular weight excluding hydrogens is 288 g/mol. The molecule has 0 aliphatic rings. The Morgan fingerprint density at radius 2 is 2.19 bits per heavy atom. The second-order valence-corrected chi connectivity index (χ2v) is 4.90. The number of halogens is 1. The molecule has 0 aromatic heterocycles. The van der Waals surface area contributed by atoms with E-state index in [4.69, 9.17) is 18.0 Å². The normalized spacial score (nSPS) is 11.9. The van der Waals surface area contributed by atoms with Gasteiger partial charge in [0.05, 0.1) is 10.6 Å². The van der Waals surface area contributed by atoms with Crippen molar-refractivity contribution < 1.29 is 4.79 Å². The van der Waals surface area contributed by atoms with Gasteiger partial charge in [-0.25, -0.2) is 0 Å². The van der Waals surface area contributed by atoms with Crippen molar-refractivity contribution in [2.24, 2.45) is 5.73 Å². The molecule has 0 bridgehead atoms. The van der Waals surface area contributed by atoms with Crippen LogP contribution in [0, 0.1) is 0 Å². The zero-order chi connectivity index (χ0) is 12.1. The van der Waals surface area contributed by atoms with Crippen LogP contribution in [0.4, 0.5) is 0 Å². The van der Waals surface area contributed by atoms with Crippen LogP contribution in [-0.4, -0.2) is 16.9 Å². The van der Waals surface area contributed by atoms with Crippen LogP contribution < -0.4 is 11.1 Å². The highest BCUT2D eigenvalue weighted by Crippen LogP contribution is 2.15. The predicted molar refractivity (Wildman–Crippen MR) is 72.5 cm³/mol. The topological polar surface area (TPSA) is 55.1 Å². The van der Waals surface area contributed by atoms with Gasteiger partial charge in [-0.1, -0.05) is 24.4 Å². The minimum Gasteiger partial charge on any atom is -0.393 e. The number of amides is 1. The summed E-state index contributed by atoms with van der Waals surface area (Å²) in [5.41, 5.74) is 6.02. The Labute approximate surface area is 109 Å². The van der Waals surface area contributed by atoms with Crippen LogP contribution in [0.1, 0.15) is 23.7 Å². The Hall–Kier alpha value is -0.940. The van der Waals surface area contributed by atoms with Gasteiger partial charge in [0.25, 0.3) is 5.91 Å². The lowest BCUT2D eigenvalue weighted by molar-refractivity contribution is 0.0940. The first-order valence-corrected chi connectivity index (χ1v) is 6.04. The van der Waals surface area contributed by atoms with Crippen LogP contribution in [-0.2, 0) is 0 Å². The molecule has 0 fully saturated rings. The summed E-state index contributed by atoms with van der Waals surface area (Å²) in [6, 6.07) is 7.20. The van der Waals surface area contributed by atoms with E-state index in [9.17, 15) is 4.79 Å². The van der Waals surface area contributed by atoms with Crippen LogP contribution in [0.15, 0.2) is 28.7 Å². The number of rotatable bonds is 4. The summed E-state index contributed by atoms with van der Waals surface area (Å²) >= 11 is 8.11. The highest BCUT2D eigenvalue weighted by atomic mass is 79.9. The van der Waals surface area contributed by atoms with Crippen molar-refractivity contribution in [2.45, 2.75) is 19.4 Å². The van der Waals surface area contributed by atoms with Gasteiger partial charge in [0.15, 0.2) is 0 Å². The Kier molecular flexibility index (Phi) is 4.89. The first-order chi connectivity index (χ1) is 7.50. The van der Waals surface area contributed by atoms with E-state index < -0.39 is 0 Å². The summed E-state index contributed by atoms with van der Waals surface area (Å²) in [4.78, 5) is 12.2. The van der Waals surface area contributed by atoms with Gasteiger partial charge in [0.1, 0.15) is 0 Å². The summed E-state index contributed by atoms with van der Waals surface area (Å²) < 4.78 is 0.773. The van der Waals surface area contributed by atoms with Gasteiger partial charge < -0.3 is 11.1 Å². The van der Waals surface area contributed by atoms with E-state index in [1.807, 2.05) is 25.1 Å². The van der Waals surface area contributed by atoms with E-state index in [-0.39, 0.29) is 11.9 Å². The SMILES string of the molecule is CC(CC(N)=S)NC(=O)c1ccccc1Br. The van der Waals surface area contributed by atoms with Crippen molar-refractivity contribution in [3.8, 4) is 0 Å². The van der Waals surface area contributed by atoms with Crippen LogP contribution in [0.3, 0.4) is 0 Å². The molecule has 0 saturated heterocycles. The Bertz CT molecular complexity index is 409. The molecule has 3 N–H and O–H groups in total. The first kappa shape index (κ1) is 13.1. The van der Waals surface area contributed by atoms with E-state index >= 15 is 0 Å². The largest absolute Gasteiger partial charge is 0.393 e. The molecule has 1 atom stereocenters. The maximum absolute atomic E-state index is 11.8. The number of nitrogens with two attached hydrogens (primary N) is 1. The molecule has 0 heterocycles. The van der Waals surface area contributed by atoms with Crippen molar-refractivity contribution in [3.05, 3.63) is 34.3 Å². The average molecular weight is 301 g/mol. The van der Waals surface area contributed by atoms with Crippen molar-refractivity contribution in [1.82, 2.24) is 5.32 Å². The molecule has 0 radical (unpaired) electrons. The highest BCUT2D eigenvalue weighted by molar-refractivity contribution is 9.10. The fourth-order valence-electron chi connectivity index (χ4n) is 1.30. The van der Waals surface area contributed by atoms with Gasteiger partial charge in [-0.2, -0.15) is 0 Å². The van der Waals surface area contributed by atoms with E-state index in [1.54, 1.807) is 6.07 Å². The molecule has 0 spiro atoms. The fourth-order valence-corrected chi connectivity index (χ4v) is 2.01. The summed E-state index contributed by atoms with van der Waals surface area (Å²) in [6.07, 6.45) is 0.505. The molecule has 1 rings (SSSR count). The molecule has 1 unspecified atom stereocenters. The molecule has 0 aliphatic heterocycles. The monoisotopic (exact) mass is 300 g/mol. The lowest BCUT2D eigenvalue weighted by Gasteiger charge is -2.13. The molecule has 0 saturated carbocycles. The van der Waals surface area contributed by atoms with Crippen LogP contribution in [0.2, 0.25) is 0 Å². The number of nitrogens with one attached hydrogen (secondary N) is 1. The second-order valence-electron chi connectivity index (χ2n) is 3.52. The maximum atomic E-state index is 11.8. The summed E-state index contributed by atoms with van der Waals surface area (Å²) in [6.45, 7) is 1.87. The Morgan fingerprint density at radius 3 is 2.75 bits per heavy atom. The third kappa shape index (κ3) is 3.90. The smallest absolute Gasteiger partial charge is 0.252 e. The van der Waals surface area contributed by atoms with Gasteiger partial charge in [-0.05, 0) is 35.0 Å². The van der Waals surface area contributed by atoms with Gasteiger partial charge in [0, 0.05) is 16.9 Å². The second kappa shape index (κ2) is 5.96. The lowest BCUT2D eigenvalue weighted by Crippen LogP contribution is -2.35. The molecule has 3 nitrogen and oxygen atoms in total. The van der Waals surface area contributed by atoms with Crippen molar-refractivity contribution in [2.75, 3.05) is 0 Å². The van der Waals surface area contributed by atoms with E-state index in [2.05, 4.69) is 21.2 Å². The summed E-state index contributed by atoms with van der Waals surface area (Å²) in [5.74, 6) is -0.128. The Morgan fingerprint density at radius 1 is 1.56 bits per heavy atom. The average Bonchev–Trinajstić information content (AvgIpc) is 2.16. The number of carbonyl (C=O) groups is 1. The fraction of sp³-hybridized carbons (Fsp3) is 0.273. The van der Waals surface area contributed by atoms with Gasteiger partial charge >= 0.3 is 0 Å². The summed E-state index contributed by atoms with van der Waals surface area (Å²) in [5, 5.41) is 2.83. The molecule has 1 aromatic rings. The minimum absolute atomic E-state index is 0.0582. The van der Waals surface area contributed by atoms with Crippen molar-refractivity contribution in [1.29, 1.82) is 0 Å². The number of hydrogen-bond donors (Lipinski definition) is 2. The minimum atomic E-state index is -0.128. The molecule has 86 valence electrons. The number of thiocarbonyl (C=S) groups is 1. The quantitative estimate of drug-likeness (QED) is 0.839. The van der Waals surface area contributed by atoms with Crippen LogP contribution in [0.25, 0.3) is 0 Å². The summed E-state index contributed by atoms with van der Waals surface area (Å²) in [7, 11) is 0. The predicted octanol–water partition coefficient (Wildman–Crippen LogP) is 2.24. The van der Waals surface area contributed by atoms with Crippen molar-refractivity contribution in [3.63, 3.8) is 0 Å². The number of carbonyl (C=O) groups excluding carboxylic acids is 1. The standard InChI is InChI=1S/C11H13BrN2OS/c1-7(6-10(13)16)14-11(15)8-4-2-3-5-9(8)12/h2-5,7H,6H2,1H3,(H2,13,16)(H,14,15). The van der Waals surface area contributed by atoms with E-state index in [0.717, 1.165) is 4.47 Å². The van der Waals surface area contributed by atoms with E-state index in [1.165, 1.54) is 0 Å². The van der Waals surface area contributed by atoms with Crippen molar-refractivity contribution >= 4 is 39.0 Å². The van der Waals surface area contributed by atoms with E-state index in [0.29, 0.717) is 17.0 Å². The zero-order valence-corrected chi connectivity index (χ0v) is 11.3. The zero-order valence-electron chi connectivity index (χ0n) is 8.87. The van der Waals surface area contributed by atoms with Gasteiger partial charge in [-0.15, -0.1) is 0 Å². The molecular formula is C11H13BrN2OS. The maximum Gasteiger partial charge on any atom is 0.252 e.